The van der Waals surface area contributed by atoms with Crippen molar-refractivity contribution in [3.8, 4) is 0 Å². The molecular weight excluding hydrogens is 272 g/mol. The third kappa shape index (κ3) is 3.92. The molecular formula is C16H18O3S. The summed E-state index contributed by atoms with van der Waals surface area (Å²) in [5.41, 5.74) is 2.36. The summed E-state index contributed by atoms with van der Waals surface area (Å²) >= 11 is 0. The van der Waals surface area contributed by atoms with Crippen LogP contribution in [0, 0.1) is 6.92 Å². The van der Waals surface area contributed by atoms with Gasteiger partial charge in [-0.2, -0.15) is 0 Å². The quantitative estimate of drug-likeness (QED) is 0.921. The largest absolute Gasteiger partial charge is 0.387 e. The predicted octanol–water partition coefficient (Wildman–Crippen LogP) is 2.64. The Bertz CT molecular complexity index is 663. The highest BCUT2D eigenvalue weighted by atomic mass is 32.2. The van der Waals surface area contributed by atoms with Crippen LogP contribution in [-0.4, -0.2) is 19.3 Å². The SMILES string of the molecule is Cc1ccccc1CS(=O)(=O)CC(O)c1ccccc1. The molecule has 1 unspecified atom stereocenters. The van der Waals surface area contributed by atoms with Gasteiger partial charge in [-0.1, -0.05) is 54.6 Å². The van der Waals surface area contributed by atoms with Crippen LogP contribution < -0.4 is 0 Å². The normalized spacial score (nSPS) is 13.1. The molecule has 4 heteroatoms. The molecule has 0 aliphatic heterocycles. The molecule has 106 valence electrons. The lowest BCUT2D eigenvalue weighted by Crippen LogP contribution is -2.16. The van der Waals surface area contributed by atoms with Gasteiger partial charge in [0, 0.05) is 0 Å². The van der Waals surface area contributed by atoms with E-state index in [9.17, 15) is 13.5 Å². The highest BCUT2D eigenvalue weighted by molar-refractivity contribution is 7.90. The van der Waals surface area contributed by atoms with Gasteiger partial charge in [0.1, 0.15) is 0 Å². The standard InChI is InChI=1S/C16H18O3S/c1-13-7-5-6-10-15(13)11-20(18,19)12-16(17)14-8-3-2-4-9-14/h2-10,16-17H,11-12H2,1H3. The van der Waals surface area contributed by atoms with Gasteiger partial charge in [-0.05, 0) is 23.6 Å². The van der Waals surface area contributed by atoms with E-state index < -0.39 is 15.9 Å². The van der Waals surface area contributed by atoms with E-state index in [1.807, 2.05) is 37.3 Å². The third-order valence-electron chi connectivity index (χ3n) is 3.23. The van der Waals surface area contributed by atoms with E-state index in [1.54, 1.807) is 24.3 Å². The summed E-state index contributed by atoms with van der Waals surface area (Å²) in [5, 5.41) is 10.0. The van der Waals surface area contributed by atoms with E-state index in [2.05, 4.69) is 0 Å². The Hall–Kier alpha value is -1.65. The molecule has 0 fully saturated rings. The van der Waals surface area contributed by atoms with Gasteiger partial charge in [-0.15, -0.1) is 0 Å². The van der Waals surface area contributed by atoms with Gasteiger partial charge in [-0.3, -0.25) is 0 Å². The fourth-order valence-corrected chi connectivity index (χ4v) is 3.67. The molecule has 3 nitrogen and oxygen atoms in total. The van der Waals surface area contributed by atoms with Gasteiger partial charge in [0.2, 0.25) is 0 Å². The molecule has 1 atom stereocenters. The molecule has 1 N–H and O–H groups in total. The summed E-state index contributed by atoms with van der Waals surface area (Å²) in [5.74, 6) is -0.297. The molecule has 2 aromatic carbocycles. The number of sulfone groups is 1. The Balaban J connectivity index is 2.10. The lowest BCUT2D eigenvalue weighted by atomic mass is 10.1. The number of aliphatic hydroxyl groups is 1. The zero-order chi connectivity index (χ0) is 14.6. The van der Waals surface area contributed by atoms with E-state index in [1.165, 1.54) is 0 Å². The van der Waals surface area contributed by atoms with Crippen molar-refractivity contribution >= 4 is 9.84 Å². The molecule has 0 aliphatic carbocycles. The average molecular weight is 290 g/mol. The maximum absolute atomic E-state index is 12.2. The minimum atomic E-state index is -3.35. The zero-order valence-corrected chi connectivity index (χ0v) is 12.2. The first-order valence-electron chi connectivity index (χ1n) is 6.46. The minimum absolute atomic E-state index is 0.0381. The van der Waals surface area contributed by atoms with E-state index >= 15 is 0 Å². The molecule has 20 heavy (non-hydrogen) atoms. The van der Waals surface area contributed by atoms with Gasteiger partial charge in [0.15, 0.2) is 9.84 Å². The number of hydrogen-bond donors (Lipinski definition) is 1. The highest BCUT2D eigenvalue weighted by Crippen LogP contribution is 2.18. The van der Waals surface area contributed by atoms with Crippen LogP contribution in [0.2, 0.25) is 0 Å². The number of aryl methyl sites for hydroxylation is 1. The maximum atomic E-state index is 12.2. The Morgan fingerprint density at radius 3 is 2.25 bits per heavy atom. The van der Waals surface area contributed by atoms with Gasteiger partial charge in [0.05, 0.1) is 17.6 Å². The third-order valence-corrected chi connectivity index (χ3v) is 4.81. The van der Waals surface area contributed by atoms with Crippen LogP contribution in [0.3, 0.4) is 0 Å². The minimum Gasteiger partial charge on any atom is -0.387 e. The zero-order valence-electron chi connectivity index (χ0n) is 11.4. The summed E-state index contributed by atoms with van der Waals surface area (Å²) in [6.07, 6.45) is -0.981. The first-order valence-corrected chi connectivity index (χ1v) is 8.28. The number of rotatable bonds is 5. The predicted molar refractivity (Wildman–Crippen MR) is 80.1 cm³/mol. The molecule has 0 aliphatic rings. The van der Waals surface area contributed by atoms with Crippen molar-refractivity contribution in [2.45, 2.75) is 18.8 Å². The fourth-order valence-electron chi connectivity index (χ4n) is 2.08. The molecule has 2 aromatic rings. The summed E-state index contributed by atoms with van der Waals surface area (Å²) < 4.78 is 24.4. The van der Waals surface area contributed by atoms with Crippen LogP contribution in [0.25, 0.3) is 0 Å². The van der Waals surface area contributed by atoms with E-state index in [4.69, 9.17) is 0 Å². The summed E-state index contributed by atoms with van der Waals surface area (Å²) in [4.78, 5) is 0. The monoisotopic (exact) mass is 290 g/mol. The molecule has 0 heterocycles. The van der Waals surface area contributed by atoms with Gasteiger partial charge in [-0.25, -0.2) is 8.42 Å². The Morgan fingerprint density at radius 2 is 1.60 bits per heavy atom. The molecule has 0 aromatic heterocycles. The molecule has 0 amide bonds. The molecule has 0 saturated carbocycles. The average Bonchev–Trinajstić information content (AvgIpc) is 2.41. The lowest BCUT2D eigenvalue weighted by Gasteiger charge is -2.12. The van der Waals surface area contributed by atoms with E-state index in [-0.39, 0.29) is 11.5 Å². The van der Waals surface area contributed by atoms with Crippen molar-refractivity contribution in [2.24, 2.45) is 0 Å². The van der Waals surface area contributed by atoms with Gasteiger partial charge >= 0.3 is 0 Å². The van der Waals surface area contributed by atoms with Crippen LogP contribution in [0.1, 0.15) is 22.8 Å². The topological polar surface area (TPSA) is 54.4 Å². The lowest BCUT2D eigenvalue weighted by molar-refractivity contribution is 0.201. The van der Waals surface area contributed by atoms with Crippen molar-refractivity contribution in [1.82, 2.24) is 0 Å². The first kappa shape index (κ1) is 14.8. The van der Waals surface area contributed by atoms with Crippen LogP contribution >= 0.6 is 0 Å². The van der Waals surface area contributed by atoms with Crippen molar-refractivity contribution in [1.29, 1.82) is 0 Å². The number of benzene rings is 2. The van der Waals surface area contributed by atoms with Crippen LogP contribution in [-0.2, 0) is 15.6 Å². The van der Waals surface area contributed by atoms with Crippen molar-refractivity contribution < 1.29 is 13.5 Å². The Morgan fingerprint density at radius 1 is 1.00 bits per heavy atom. The molecule has 0 bridgehead atoms. The van der Waals surface area contributed by atoms with Crippen molar-refractivity contribution in [3.63, 3.8) is 0 Å². The maximum Gasteiger partial charge on any atom is 0.157 e. The molecule has 0 radical (unpaired) electrons. The van der Waals surface area contributed by atoms with Crippen molar-refractivity contribution in [3.05, 3.63) is 71.3 Å². The molecule has 0 spiro atoms. The summed E-state index contributed by atoms with van der Waals surface area (Å²) in [7, 11) is -3.35. The second-order valence-corrected chi connectivity index (χ2v) is 7.02. The Labute approximate surface area is 119 Å². The smallest absolute Gasteiger partial charge is 0.157 e. The van der Waals surface area contributed by atoms with Crippen molar-refractivity contribution in [2.75, 3.05) is 5.75 Å². The second kappa shape index (κ2) is 6.20. The first-order chi connectivity index (χ1) is 9.48. The van der Waals surface area contributed by atoms with Crippen LogP contribution in [0.15, 0.2) is 54.6 Å². The van der Waals surface area contributed by atoms with Gasteiger partial charge < -0.3 is 5.11 Å². The number of hydrogen-bond acceptors (Lipinski definition) is 3. The van der Waals surface area contributed by atoms with Crippen LogP contribution in [0.5, 0.6) is 0 Å². The van der Waals surface area contributed by atoms with Crippen LogP contribution in [0.4, 0.5) is 0 Å². The number of aliphatic hydroxyl groups excluding tert-OH is 1. The molecule has 0 saturated heterocycles. The summed E-state index contributed by atoms with van der Waals surface area (Å²) in [6.45, 7) is 1.89. The summed E-state index contributed by atoms with van der Waals surface area (Å²) in [6, 6.07) is 16.3. The van der Waals surface area contributed by atoms with E-state index in [0.717, 1.165) is 11.1 Å². The fraction of sp³-hybridized carbons (Fsp3) is 0.250. The van der Waals surface area contributed by atoms with Gasteiger partial charge in [0.25, 0.3) is 0 Å². The Kier molecular flexibility index (Phi) is 4.57. The van der Waals surface area contributed by atoms with E-state index in [0.29, 0.717) is 5.56 Å². The highest BCUT2D eigenvalue weighted by Gasteiger charge is 2.19. The molecule has 2 rings (SSSR count). The second-order valence-electron chi connectivity index (χ2n) is 4.91.